The highest BCUT2D eigenvalue weighted by Gasteiger charge is 2.04. The molecule has 0 spiro atoms. The van der Waals surface area contributed by atoms with Crippen LogP contribution in [0, 0.1) is 5.82 Å². The van der Waals surface area contributed by atoms with Gasteiger partial charge in [0.25, 0.3) is 0 Å². The molecule has 1 unspecified atom stereocenters. The normalized spacial score (nSPS) is 12.7. The molecule has 0 aliphatic carbocycles. The molecule has 1 atom stereocenters. The predicted molar refractivity (Wildman–Crippen MR) is 65.7 cm³/mol. The predicted octanol–water partition coefficient (Wildman–Crippen LogP) is 3.48. The van der Waals surface area contributed by atoms with Crippen LogP contribution in [0.4, 0.5) is 4.39 Å². The fraction of sp³-hybridized carbons (Fsp3) is 0.500. The Balaban J connectivity index is 2.41. The fourth-order valence-electron chi connectivity index (χ4n) is 1.49. The lowest BCUT2D eigenvalue weighted by Crippen LogP contribution is -2.28. The highest BCUT2D eigenvalue weighted by atomic mass is 79.9. The minimum Gasteiger partial charge on any atom is -0.310 e. The highest BCUT2D eigenvalue weighted by Crippen LogP contribution is 2.06. The summed E-state index contributed by atoms with van der Waals surface area (Å²) < 4.78 is 12.9. The van der Waals surface area contributed by atoms with Gasteiger partial charge in [0.2, 0.25) is 0 Å². The first kappa shape index (κ1) is 12.7. The molecule has 0 aliphatic rings. The summed E-state index contributed by atoms with van der Waals surface area (Å²) >= 11 is 3.43. The first-order valence-corrected chi connectivity index (χ1v) is 6.42. The van der Waals surface area contributed by atoms with Crippen molar-refractivity contribution in [3.05, 3.63) is 35.6 Å². The van der Waals surface area contributed by atoms with Crippen LogP contribution in [0.3, 0.4) is 0 Å². The Morgan fingerprint density at radius 1 is 1.47 bits per heavy atom. The number of alkyl halides is 1. The molecule has 1 aromatic carbocycles. The Hall–Kier alpha value is -0.410. The van der Waals surface area contributed by atoms with Crippen molar-refractivity contribution in [2.24, 2.45) is 0 Å². The van der Waals surface area contributed by atoms with Crippen LogP contribution < -0.4 is 5.32 Å². The first-order valence-electron chi connectivity index (χ1n) is 5.30. The van der Waals surface area contributed by atoms with Crippen LogP contribution in [-0.2, 0) is 6.54 Å². The summed E-state index contributed by atoms with van der Waals surface area (Å²) in [5.74, 6) is -0.164. The first-order chi connectivity index (χ1) is 7.26. The molecular weight excluding hydrogens is 257 g/mol. The van der Waals surface area contributed by atoms with Crippen LogP contribution in [0.1, 0.15) is 25.3 Å². The number of benzene rings is 1. The zero-order valence-corrected chi connectivity index (χ0v) is 10.6. The summed E-state index contributed by atoms with van der Waals surface area (Å²) in [6, 6.07) is 7.25. The van der Waals surface area contributed by atoms with Crippen molar-refractivity contribution in [1.29, 1.82) is 0 Å². The van der Waals surface area contributed by atoms with Gasteiger partial charge in [0.1, 0.15) is 5.82 Å². The summed E-state index contributed by atoms with van der Waals surface area (Å²) in [5.41, 5.74) is 1.00. The molecule has 1 rings (SSSR count). The highest BCUT2D eigenvalue weighted by molar-refractivity contribution is 9.09. The van der Waals surface area contributed by atoms with Crippen LogP contribution >= 0.6 is 15.9 Å². The third kappa shape index (κ3) is 4.76. The molecule has 0 heterocycles. The average Bonchev–Trinajstić information content (AvgIpc) is 2.24. The van der Waals surface area contributed by atoms with Gasteiger partial charge in [-0.2, -0.15) is 0 Å². The standard InChI is InChI=1S/C12H17BrFN/c1-2-12(6-7-13)15-9-10-4-3-5-11(14)8-10/h3-5,8,12,15H,2,6-7,9H2,1H3. The van der Waals surface area contributed by atoms with Gasteiger partial charge in [-0.1, -0.05) is 35.0 Å². The summed E-state index contributed by atoms with van der Waals surface area (Å²) in [7, 11) is 0. The molecule has 1 nitrogen and oxygen atoms in total. The Morgan fingerprint density at radius 3 is 2.87 bits per heavy atom. The van der Waals surface area contributed by atoms with Crippen molar-refractivity contribution in [3.63, 3.8) is 0 Å². The van der Waals surface area contributed by atoms with Gasteiger partial charge >= 0.3 is 0 Å². The van der Waals surface area contributed by atoms with Crippen LogP contribution in [0.2, 0.25) is 0 Å². The van der Waals surface area contributed by atoms with Gasteiger partial charge in [0.15, 0.2) is 0 Å². The van der Waals surface area contributed by atoms with Crippen molar-refractivity contribution < 1.29 is 4.39 Å². The third-order valence-electron chi connectivity index (χ3n) is 2.43. The second-order valence-corrected chi connectivity index (χ2v) is 4.39. The quantitative estimate of drug-likeness (QED) is 0.783. The van der Waals surface area contributed by atoms with Gasteiger partial charge in [-0.15, -0.1) is 0 Å². The summed E-state index contributed by atoms with van der Waals surface area (Å²) in [4.78, 5) is 0. The summed E-state index contributed by atoms with van der Waals surface area (Å²) in [6.45, 7) is 2.90. The lowest BCUT2D eigenvalue weighted by molar-refractivity contribution is 0.487. The Morgan fingerprint density at radius 2 is 2.27 bits per heavy atom. The minimum atomic E-state index is -0.164. The molecule has 0 radical (unpaired) electrons. The Bertz CT molecular complexity index is 291. The lowest BCUT2D eigenvalue weighted by atomic mass is 10.1. The molecule has 0 saturated carbocycles. The number of nitrogens with one attached hydrogen (secondary N) is 1. The van der Waals surface area contributed by atoms with Crippen molar-refractivity contribution in [1.82, 2.24) is 5.32 Å². The lowest BCUT2D eigenvalue weighted by Gasteiger charge is -2.15. The Kier molecular flexibility index (Phi) is 5.88. The van der Waals surface area contributed by atoms with Gasteiger partial charge < -0.3 is 5.32 Å². The van der Waals surface area contributed by atoms with E-state index in [0.29, 0.717) is 6.04 Å². The molecule has 1 aromatic rings. The van der Waals surface area contributed by atoms with E-state index in [2.05, 4.69) is 28.2 Å². The molecule has 1 N–H and O–H groups in total. The van der Waals surface area contributed by atoms with E-state index in [1.54, 1.807) is 12.1 Å². The molecule has 15 heavy (non-hydrogen) atoms. The van der Waals surface area contributed by atoms with E-state index in [1.807, 2.05) is 6.07 Å². The van der Waals surface area contributed by atoms with Crippen molar-refractivity contribution >= 4 is 15.9 Å². The van der Waals surface area contributed by atoms with Gasteiger partial charge in [0.05, 0.1) is 0 Å². The van der Waals surface area contributed by atoms with E-state index in [1.165, 1.54) is 6.07 Å². The molecule has 84 valence electrons. The van der Waals surface area contributed by atoms with E-state index < -0.39 is 0 Å². The summed E-state index contributed by atoms with van der Waals surface area (Å²) in [6.07, 6.45) is 2.20. The average molecular weight is 274 g/mol. The van der Waals surface area contributed by atoms with Crippen LogP contribution in [0.5, 0.6) is 0 Å². The SMILES string of the molecule is CCC(CCBr)NCc1cccc(F)c1. The number of rotatable bonds is 6. The van der Waals surface area contributed by atoms with Crippen LogP contribution in [0.15, 0.2) is 24.3 Å². The molecule has 0 amide bonds. The zero-order valence-electron chi connectivity index (χ0n) is 8.97. The fourth-order valence-corrected chi connectivity index (χ4v) is 2.04. The van der Waals surface area contributed by atoms with Crippen molar-refractivity contribution in [2.75, 3.05) is 5.33 Å². The number of halogens is 2. The molecule has 0 bridgehead atoms. The molecule has 0 aliphatic heterocycles. The zero-order chi connectivity index (χ0) is 11.1. The van der Waals surface area contributed by atoms with Crippen LogP contribution in [0.25, 0.3) is 0 Å². The molecule has 0 fully saturated rings. The molecule has 0 saturated heterocycles. The topological polar surface area (TPSA) is 12.0 Å². The summed E-state index contributed by atoms with van der Waals surface area (Å²) in [5, 5.41) is 4.42. The van der Waals surface area contributed by atoms with E-state index in [4.69, 9.17) is 0 Å². The molecule has 3 heteroatoms. The maximum atomic E-state index is 12.9. The van der Waals surface area contributed by atoms with E-state index in [-0.39, 0.29) is 5.82 Å². The molecule has 0 aromatic heterocycles. The van der Waals surface area contributed by atoms with Crippen molar-refractivity contribution in [2.45, 2.75) is 32.4 Å². The Labute approximate surface area is 99.2 Å². The maximum Gasteiger partial charge on any atom is 0.123 e. The van der Waals surface area contributed by atoms with Gasteiger partial charge in [0, 0.05) is 17.9 Å². The number of hydrogen-bond donors (Lipinski definition) is 1. The van der Waals surface area contributed by atoms with Crippen LogP contribution in [-0.4, -0.2) is 11.4 Å². The maximum absolute atomic E-state index is 12.9. The minimum absolute atomic E-state index is 0.164. The number of hydrogen-bond acceptors (Lipinski definition) is 1. The van der Waals surface area contributed by atoms with Gasteiger partial charge in [-0.3, -0.25) is 0 Å². The van der Waals surface area contributed by atoms with Gasteiger partial charge in [-0.05, 0) is 30.5 Å². The van der Waals surface area contributed by atoms with E-state index >= 15 is 0 Å². The van der Waals surface area contributed by atoms with Gasteiger partial charge in [-0.25, -0.2) is 4.39 Å². The second-order valence-electron chi connectivity index (χ2n) is 3.59. The third-order valence-corrected chi connectivity index (χ3v) is 2.89. The van der Waals surface area contributed by atoms with E-state index in [0.717, 1.165) is 30.3 Å². The monoisotopic (exact) mass is 273 g/mol. The van der Waals surface area contributed by atoms with Crippen molar-refractivity contribution in [3.8, 4) is 0 Å². The smallest absolute Gasteiger partial charge is 0.123 e. The largest absolute Gasteiger partial charge is 0.310 e. The molecular formula is C12H17BrFN. The van der Waals surface area contributed by atoms with E-state index in [9.17, 15) is 4.39 Å². The second kappa shape index (κ2) is 6.96.